The van der Waals surface area contributed by atoms with Gasteiger partial charge in [-0.1, -0.05) is 36.4 Å². The summed E-state index contributed by atoms with van der Waals surface area (Å²) in [5.74, 6) is -0.0691. The van der Waals surface area contributed by atoms with Gasteiger partial charge in [0, 0.05) is 18.2 Å². The average molecular weight is 286 g/mol. The van der Waals surface area contributed by atoms with Gasteiger partial charge in [0.05, 0.1) is 6.61 Å². The fraction of sp³-hybridized carbons (Fsp3) is 0.294. The summed E-state index contributed by atoms with van der Waals surface area (Å²) in [4.78, 5) is 23.0. The fourth-order valence-electron chi connectivity index (χ4n) is 2.07. The third-order valence-electron chi connectivity index (χ3n) is 3.04. The minimum atomic E-state index is -0.337. The van der Waals surface area contributed by atoms with E-state index in [-0.39, 0.29) is 24.8 Å². The van der Waals surface area contributed by atoms with Gasteiger partial charge < -0.3 is 9.47 Å². The Labute approximate surface area is 123 Å². The lowest BCUT2D eigenvalue weighted by Gasteiger charge is -2.07. The molecule has 2 aromatic carbocycles. The molecule has 0 bridgehead atoms. The lowest BCUT2D eigenvalue weighted by atomic mass is 10.1. The Morgan fingerprint density at radius 2 is 1.67 bits per heavy atom. The molecule has 0 saturated heterocycles. The Hall–Kier alpha value is -2.36. The van der Waals surface area contributed by atoms with E-state index >= 15 is 0 Å². The van der Waals surface area contributed by atoms with Crippen molar-refractivity contribution in [2.24, 2.45) is 0 Å². The van der Waals surface area contributed by atoms with E-state index in [0.717, 1.165) is 10.8 Å². The summed E-state index contributed by atoms with van der Waals surface area (Å²) in [6.07, 6.45) is 0.864. The topological polar surface area (TPSA) is 52.6 Å². The quantitative estimate of drug-likeness (QED) is 0.602. The van der Waals surface area contributed by atoms with Crippen LogP contribution in [0.25, 0.3) is 10.8 Å². The highest BCUT2D eigenvalue weighted by Gasteiger charge is 2.09. The van der Waals surface area contributed by atoms with Crippen LogP contribution in [0, 0.1) is 0 Å². The molecule has 2 aromatic rings. The Bertz CT molecular complexity index is 628. The van der Waals surface area contributed by atoms with Crippen molar-refractivity contribution < 1.29 is 19.1 Å². The largest absolute Gasteiger partial charge is 0.466 e. The zero-order chi connectivity index (χ0) is 15.1. The van der Waals surface area contributed by atoms with Crippen LogP contribution in [-0.2, 0) is 14.3 Å². The molecule has 4 nitrogen and oxygen atoms in total. The van der Waals surface area contributed by atoms with E-state index in [1.54, 1.807) is 13.0 Å². The van der Waals surface area contributed by atoms with Gasteiger partial charge in [-0.05, 0) is 24.8 Å². The number of hydrogen-bond acceptors (Lipinski definition) is 4. The molecule has 0 saturated carbocycles. The fourth-order valence-corrected chi connectivity index (χ4v) is 2.07. The monoisotopic (exact) mass is 286 g/mol. The van der Waals surface area contributed by atoms with Crippen LogP contribution in [0.2, 0.25) is 0 Å². The van der Waals surface area contributed by atoms with Gasteiger partial charge in [-0.2, -0.15) is 0 Å². The van der Waals surface area contributed by atoms with Gasteiger partial charge in [0.15, 0.2) is 0 Å². The Balaban J connectivity index is 1.91. The summed E-state index contributed by atoms with van der Waals surface area (Å²) >= 11 is 0. The summed E-state index contributed by atoms with van der Waals surface area (Å²) in [6.45, 7) is 2.12. The number of rotatable bonds is 6. The molecule has 0 aromatic heterocycles. The van der Waals surface area contributed by atoms with Gasteiger partial charge in [0.25, 0.3) is 0 Å². The van der Waals surface area contributed by atoms with E-state index in [4.69, 9.17) is 9.47 Å². The summed E-state index contributed by atoms with van der Waals surface area (Å²) in [7, 11) is 0. The van der Waals surface area contributed by atoms with Gasteiger partial charge in [-0.15, -0.1) is 0 Å². The molecule has 0 amide bonds. The third kappa shape index (κ3) is 4.31. The molecule has 0 unspecified atom stereocenters. The third-order valence-corrected chi connectivity index (χ3v) is 3.04. The van der Waals surface area contributed by atoms with E-state index in [2.05, 4.69) is 0 Å². The van der Waals surface area contributed by atoms with Crippen LogP contribution in [0.1, 0.15) is 26.2 Å². The molecular weight excluding hydrogens is 268 g/mol. The molecule has 0 aliphatic carbocycles. The SMILES string of the molecule is CCOC(=O)CCCC(=O)Oc1cccc2ccccc12. The lowest BCUT2D eigenvalue weighted by Crippen LogP contribution is -2.10. The molecule has 0 spiro atoms. The normalized spacial score (nSPS) is 10.3. The molecule has 2 rings (SSSR count). The predicted molar refractivity (Wildman–Crippen MR) is 80.1 cm³/mol. The van der Waals surface area contributed by atoms with Gasteiger partial charge in [-0.25, -0.2) is 0 Å². The average Bonchev–Trinajstić information content (AvgIpc) is 2.48. The number of carbonyl (C=O) groups is 2. The number of hydrogen-bond donors (Lipinski definition) is 0. The number of benzene rings is 2. The van der Waals surface area contributed by atoms with Crippen molar-refractivity contribution >= 4 is 22.7 Å². The van der Waals surface area contributed by atoms with E-state index in [1.165, 1.54) is 0 Å². The van der Waals surface area contributed by atoms with E-state index in [0.29, 0.717) is 18.8 Å². The van der Waals surface area contributed by atoms with E-state index in [9.17, 15) is 9.59 Å². The molecule has 0 atom stereocenters. The smallest absolute Gasteiger partial charge is 0.311 e. The molecule has 0 aliphatic rings. The van der Waals surface area contributed by atoms with Crippen LogP contribution >= 0.6 is 0 Å². The molecule has 21 heavy (non-hydrogen) atoms. The van der Waals surface area contributed by atoms with Crippen molar-refractivity contribution in [1.29, 1.82) is 0 Å². The lowest BCUT2D eigenvalue weighted by molar-refractivity contribution is -0.143. The molecule has 4 heteroatoms. The first kappa shape index (κ1) is 15.0. The van der Waals surface area contributed by atoms with Crippen molar-refractivity contribution in [2.45, 2.75) is 26.2 Å². The Morgan fingerprint density at radius 3 is 2.48 bits per heavy atom. The molecule has 0 aliphatic heterocycles. The van der Waals surface area contributed by atoms with Gasteiger partial charge >= 0.3 is 11.9 Å². The van der Waals surface area contributed by atoms with E-state index < -0.39 is 0 Å². The van der Waals surface area contributed by atoms with Crippen LogP contribution in [0.3, 0.4) is 0 Å². The molecule has 110 valence electrons. The number of carbonyl (C=O) groups excluding carboxylic acids is 2. The molecule has 0 heterocycles. The maximum absolute atomic E-state index is 11.8. The summed E-state index contributed by atoms with van der Waals surface area (Å²) in [6, 6.07) is 13.3. The van der Waals surface area contributed by atoms with E-state index in [1.807, 2.05) is 36.4 Å². The minimum absolute atomic E-state index is 0.196. The highest BCUT2D eigenvalue weighted by molar-refractivity contribution is 5.90. The Kier molecular flexibility index (Phi) is 5.32. The Morgan fingerprint density at radius 1 is 0.952 bits per heavy atom. The molecule has 0 radical (unpaired) electrons. The second-order valence-electron chi connectivity index (χ2n) is 4.61. The highest BCUT2D eigenvalue weighted by atomic mass is 16.5. The first-order valence-electron chi connectivity index (χ1n) is 7.04. The standard InChI is InChI=1S/C17H18O4/c1-2-20-16(18)11-6-12-17(19)21-15-10-5-8-13-7-3-4-9-14(13)15/h3-5,7-10H,2,6,11-12H2,1H3. The minimum Gasteiger partial charge on any atom is -0.466 e. The van der Waals surface area contributed by atoms with Crippen molar-refractivity contribution in [2.75, 3.05) is 6.61 Å². The van der Waals surface area contributed by atoms with Crippen molar-refractivity contribution in [3.63, 3.8) is 0 Å². The van der Waals surface area contributed by atoms with Crippen LogP contribution in [-0.4, -0.2) is 18.5 Å². The predicted octanol–water partition coefficient (Wildman–Crippen LogP) is 3.48. The molecule has 0 fully saturated rings. The van der Waals surface area contributed by atoms with Gasteiger partial charge in [0.1, 0.15) is 5.75 Å². The number of esters is 2. The highest BCUT2D eigenvalue weighted by Crippen LogP contribution is 2.25. The summed E-state index contributed by atoms with van der Waals surface area (Å²) < 4.78 is 10.2. The number of fused-ring (bicyclic) bond motifs is 1. The van der Waals surface area contributed by atoms with Gasteiger partial charge in [-0.3, -0.25) is 9.59 Å². The number of ether oxygens (including phenoxy) is 2. The van der Waals surface area contributed by atoms with Crippen molar-refractivity contribution in [3.05, 3.63) is 42.5 Å². The van der Waals surface area contributed by atoms with Crippen LogP contribution in [0.5, 0.6) is 5.75 Å². The van der Waals surface area contributed by atoms with Crippen molar-refractivity contribution in [1.82, 2.24) is 0 Å². The zero-order valence-electron chi connectivity index (χ0n) is 12.0. The maximum Gasteiger partial charge on any atom is 0.311 e. The second-order valence-corrected chi connectivity index (χ2v) is 4.61. The zero-order valence-corrected chi connectivity index (χ0v) is 12.0. The van der Waals surface area contributed by atoms with Crippen LogP contribution in [0.15, 0.2) is 42.5 Å². The summed E-state index contributed by atoms with van der Waals surface area (Å²) in [5.41, 5.74) is 0. The van der Waals surface area contributed by atoms with Crippen LogP contribution < -0.4 is 4.74 Å². The van der Waals surface area contributed by atoms with Crippen LogP contribution in [0.4, 0.5) is 0 Å². The van der Waals surface area contributed by atoms with Crippen molar-refractivity contribution in [3.8, 4) is 5.75 Å². The second kappa shape index (κ2) is 7.43. The molecular formula is C17H18O4. The summed E-state index contributed by atoms with van der Waals surface area (Å²) in [5, 5.41) is 1.92. The first-order chi connectivity index (χ1) is 10.2. The van der Waals surface area contributed by atoms with Gasteiger partial charge in [0.2, 0.25) is 0 Å². The molecule has 0 N–H and O–H groups in total. The first-order valence-corrected chi connectivity index (χ1v) is 7.04. The maximum atomic E-state index is 11.8.